The Balaban J connectivity index is 1.97. The first-order valence-corrected chi connectivity index (χ1v) is 7.46. The van der Waals surface area contributed by atoms with E-state index in [1.54, 1.807) is 42.7 Å². The summed E-state index contributed by atoms with van der Waals surface area (Å²) in [4.78, 5) is 11.1. The van der Waals surface area contributed by atoms with Crippen molar-refractivity contribution in [2.75, 3.05) is 0 Å². The number of H-pyrrole nitrogens is 1. The Morgan fingerprint density at radius 2 is 2.10 bits per heavy atom. The molecule has 3 rings (SSSR count). The molecule has 102 valence electrons. The summed E-state index contributed by atoms with van der Waals surface area (Å²) in [7, 11) is -3.60. The maximum absolute atomic E-state index is 12.4. The highest BCUT2D eigenvalue weighted by atomic mass is 32.2. The van der Waals surface area contributed by atoms with Crippen LogP contribution in [0.2, 0.25) is 0 Å². The fraction of sp³-hybridized carbons (Fsp3) is 0.0769. The van der Waals surface area contributed by atoms with Crippen molar-refractivity contribution in [2.45, 2.75) is 11.4 Å². The molecule has 3 aromatic rings. The lowest BCUT2D eigenvalue weighted by Gasteiger charge is -2.08. The van der Waals surface area contributed by atoms with E-state index in [-0.39, 0.29) is 11.4 Å². The van der Waals surface area contributed by atoms with Crippen molar-refractivity contribution in [1.29, 1.82) is 0 Å². The van der Waals surface area contributed by atoms with Gasteiger partial charge < -0.3 is 4.98 Å². The first-order valence-electron chi connectivity index (χ1n) is 5.97. The van der Waals surface area contributed by atoms with Crippen LogP contribution in [-0.2, 0) is 16.6 Å². The zero-order chi connectivity index (χ0) is 14.0. The second-order valence-corrected chi connectivity index (χ2v) is 5.96. The Kier molecular flexibility index (Phi) is 3.21. The van der Waals surface area contributed by atoms with E-state index in [2.05, 4.69) is 19.7 Å². The Hall–Kier alpha value is -2.25. The minimum Gasteiger partial charge on any atom is -0.347 e. The smallest absolute Gasteiger partial charge is 0.241 e. The number of aromatic amines is 1. The average molecular weight is 288 g/mol. The van der Waals surface area contributed by atoms with E-state index < -0.39 is 10.0 Å². The van der Waals surface area contributed by atoms with Gasteiger partial charge in [-0.2, -0.15) is 0 Å². The molecule has 0 atom stereocenters. The maximum atomic E-state index is 12.4. The third-order valence-electron chi connectivity index (χ3n) is 2.90. The maximum Gasteiger partial charge on any atom is 0.241 e. The van der Waals surface area contributed by atoms with E-state index in [4.69, 9.17) is 0 Å². The zero-order valence-corrected chi connectivity index (χ0v) is 11.3. The van der Waals surface area contributed by atoms with Crippen molar-refractivity contribution in [3.05, 3.63) is 54.7 Å². The number of hydrogen-bond acceptors (Lipinski definition) is 4. The highest BCUT2D eigenvalue weighted by Gasteiger charge is 2.17. The van der Waals surface area contributed by atoms with Crippen LogP contribution in [0.5, 0.6) is 0 Å². The molecule has 7 heteroatoms. The van der Waals surface area contributed by atoms with Crippen molar-refractivity contribution in [3.63, 3.8) is 0 Å². The quantitative estimate of drug-likeness (QED) is 0.760. The van der Waals surface area contributed by atoms with Gasteiger partial charge >= 0.3 is 0 Å². The monoisotopic (exact) mass is 288 g/mol. The second-order valence-electron chi connectivity index (χ2n) is 4.23. The van der Waals surface area contributed by atoms with Gasteiger partial charge in [-0.3, -0.25) is 4.98 Å². The van der Waals surface area contributed by atoms with Gasteiger partial charge in [-0.05, 0) is 24.3 Å². The van der Waals surface area contributed by atoms with Gasteiger partial charge in [0.15, 0.2) is 0 Å². The van der Waals surface area contributed by atoms with Crippen molar-refractivity contribution in [1.82, 2.24) is 19.7 Å². The van der Waals surface area contributed by atoms with Gasteiger partial charge in [0.25, 0.3) is 0 Å². The molecular weight excluding hydrogens is 276 g/mol. The number of fused-ring (bicyclic) bond motifs is 1. The molecule has 1 aromatic carbocycles. The van der Waals surface area contributed by atoms with Crippen molar-refractivity contribution in [2.24, 2.45) is 0 Å². The summed E-state index contributed by atoms with van der Waals surface area (Å²) >= 11 is 0. The van der Waals surface area contributed by atoms with Crippen LogP contribution in [0.25, 0.3) is 10.9 Å². The largest absolute Gasteiger partial charge is 0.347 e. The zero-order valence-electron chi connectivity index (χ0n) is 10.4. The molecule has 0 saturated heterocycles. The number of nitrogens with zero attached hydrogens (tertiary/aromatic N) is 2. The summed E-state index contributed by atoms with van der Waals surface area (Å²) in [5.41, 5.74) is 1.35. The lowest BCUT2D eigenvalue weighted by atomic mass is 10.2. The van der Waals surface area contributed by atoms with Crippen LogP contribution in [0.3, 0.4) is 0 Å². The number of nitrogens with one attached hydrogen (secondary N) is 2. The van der Waals surface area contributed by atoms with E-state index in [1.807, 2.05) is 0 Å². The van der Waals surface area contributed by atoms with Gasteiger partial charge in [-0.1, -0.05) is 6.07 Å². The first-order chi connectivity index (χ1) is 9.67. The molecule has 0 aliphatic carbocycles. The second kappa shape index (κ2) is 5.03. The summed E-state index contributed by atoms with van der Waals surface area (Å²) < 4.78 is 27.3. The summed E-state index contributed by atoms with van der Waals surface area (Å²) in [5, 5.41) is 0.604. The topological polar surface area (TPSA) is 87.7 Å². The van der Waals surface area contributed by atoms with E-state index in [9.17, 15) is 8.42 Å². The Morgan fingerprint density at radius 1 is 1.20 bits per heavy atom. The average Bonchev–Trinajstić information content (AvgIpc) is 2.98. The van der Waals surface area contributed by atoms with Crippen molar-refractivity contribution in [3.8, 4) is 0 Å². The van der Waals surface area contributed by atoms with Crippen LogP contribution in [0, 0.1) is 0 Å². The normalized spacial score (nSPS) is 11.8. The number of benzene rings is 1. The summed E-state index contributed by atoms with van der Waals surface area (Å²) in [6.07, 6.45) is 4.72. The molecule has 0 fully saturated rings. The van der Waals surface area contributed by atoms with E-state index in [0.29, 0.717) is 16.6 Å². The summed E-state index contributed by atoms with van der Waals surface area (Å²) in [5.74, 6) is 0. The number of imidazole rings is 1. The standard InChI is InChI=1S/C13H12N4O2S/c18-20(19,17-8-10-7-14-9-16-10)13-5-1-4-12-11(13)3-2-6-15-12/h1-7,9,17H,8H2,(H,14,16). The van der Waals surface area contributed by atoms with Crippen LogP contribution in [0.4, 0.5) is 0 Å². The number of aromatic nitrogens is 3. The van der Waals surface area contributed by atoms with Gasteiger partial charge in [0.1, 0.15) is 0 Å². The summed E-state index contributed by atoms with van der Waals surface area (Å²) in [6, 6.07) is 8.49. The van der Waals surface area contributed by atoms with Gasteiger partial charge in [0.05, 0.1) is 23.3 Å². The lowest BCUT2D eigenvalue weighted by molar-refractivity contribution is 0.581. The number of sulfonamides is 1. The van der Waals surface area contributed by atoms with Gasteiger partial charge in [0, 0.05) is 23.5 Å². The predicted octanol–water partition coefficient (Wildman–Crippen LogP) is 1.44. The molecule has 0 bridgehead atoms. The lowest BCUT2D eigenvalue weighted by Crippen LogP contribution is -2.23. The summed E-state index contributed by atoms with van der Waals surface area (Å²) in [6.45, 7) is 0.166. The first kappa shape index (κ1) is 12.8. The molecule has 2 heterocycles. The fourth-order valence-electron chi connectivity index (χ4n) is 1.94. The minimum absolute atomic E-state index is 0.166. The van der Waals surface area contributed by atoms with Crippen molar-refractivity contribution >= 4 is 20.9 Å². The predicted molar refractivity (Wildman–Crippen MR) is 74.4 cm³/mol. The third-order valence-corrected chi connectivity index (χ3v) is 4.36. The Bertz CT molecular complexity index is 823. The van der Waals surface area contributed by atoms with Gasteiger partial charge in [-0.25, -0.2) is 18.1 Å². The van der Waals surface area contributed by atoms with Crippen LogP contribution >= 0.6 is 0 Å². The minimum atomic E-state index is -3.60. The molecular formula is C13H12N4O2S. The van der Waals surface area contributed by atoms with Crippen LogP contribution in [0.15, 0.2) is 53.9 Å². The highest BCUT2D eigenvalue weighted by molar-refractivity contribution is 7.89. The SMILES string of the molecule is O=S(=O)(NCc1cnc[nH]1)c1cccc2ncccc12. The molecule has 0 spiro atoms. The molecule has 0 unspecified atom stereocenters. The molecule has 0 aliphatic rings. The molecule has 0 amide bonds. The molecule has 2 N–H and O–H groups in total. The number of pyridine rings is 1. The van der Waals surface area contributed by atoms with Gasteiger partial charge in [0.2, 0.25) is 10.0 Å². The molecule has 6 nitrogen and oxygen atoms in total. The van der Waals surface area contributed by atoms with Crippen molar-refractivity contribution < 1.29 is 8.42 Å². The molecule has 20 heavy (non-hydrogen) atoms. The van der Waals surface area contributed by atoms with Crippen LogP contribution in [0.1, 0.15) is 5.69 Å². The van der Waals surface area contributed by atoms with Crippen LogP contribution < -0.4 is 4.72 Å². The van der Waals surface area contributed by atoms with Crippen LogP contribution in [-0.4, -0.2) is 23.4 Å². The molecule has 0 radical (unpaired) electrons. The van der Waals surface area contributed by atoms with E-state index >= 15 is 0 Å². The molecule has 0 aliphatic heterocycles. The van der Waals surface area contributed by atoms with Gasteiger partial charge in [-0.15, -0.1) is 0 Å². The number of hydrogen-bond donors (Lipinski definition) is 2. The fourth-order valence-corrected chi connectivity index (χ4v) is 3.16. The molecule has 0 saturated carbocycles. The van der Waals surface area contributed by atoms with E-state index in [0.717, 1.165) is 0 Å². The molecule has 2 aromatic heterocycles. The Labute approximate surface area is 115 Å². The number of rotatable bonds is 4. The Morgan fingerprint density at radius 3 is 2.90 bits per heavy atom. The van der Waals surface area contributed by atoms with E-state index in [1.165, 1.54) is 6.33 Å². The third kappa shape index (κ3) is 2.40. The highest BCUT2D eigenvalue weighted by Crippen LogP contribution is 2.21.